The van der Waals surface area contributed by atoms with E-state index in [0.717, 1.165) is 0 Å². The van der Waals surface area contributed by atoms with E-state index in [4.69, 9.17) is 10.4 Å². The fourth-order valence-corrected chi connectivity index (χ4v) is 0.730. The maximum absolute atomic E-state index is 10.1. The van der Waals surface area contributed by atoms with Gasteiger partial charge in [-0.15, -0.1) is 0 Å². The van der Waals surface area contributed by atoms with E-state index in [0.29, 0.717) is 5.56 Å². The molecule has 4 nitrogen and oxygen atoms in total. The fraction of sp³-hybridized carbons (Fsp3) is 0. The number of ether oxygens (including phenoxy) is 1. The standard InChI is InChI=1S/C8H5NO3/c9-5-6-2-1-3-7(4-6)12-8(10)11/h1-4H,(H,10,11). The van der Waals surface area contributed by atoms with E-state index < -0.39 is 6.16 Å². The van der Waals surface area contributed by atoms with Gasteiger partial charge in [0.1, 0.15) is 5.75 Å². The Bertz CT molecular complexity index is 340. The normalized spacial score (nSPS) is 8.58. The molecule has 4 heteroatoms. The summed E-state index contributed by atoms with van der Waals surface area (Å²) in [7, 11) is 0. The van der Waals surface area contributed by atoms with Crippen molar-refractivity contribution in [2.45, 2.75) is 0 Å². The highest BCUT2D eigenvalue weighted by Crippen LogP contribution is 2.12. The van der Waals surface area contributed by atoms with E-state index in [9.17, 15) is 4.79 Å². The van der Waals surface area contributed by atoms with Crippen LogP contribution in [0.3, 0.4) is 0 Å². The van der Waals surface area contributed by atoms with E-state index in [1.165, 1.54) is 12.1 Å². The van der Waals surface area contributed by atoms with Crippen molar-refractivity contribution < 1.29 is 14.6 Å². The molecular formula is C8H5NO3. The van der Waals surface area contributed by atoms with Gasteiger partial charge in [0, 0.05) is 0 Å². The lowest BCUT2D eigenvalue weighted by molar-refractivity contribution is 0.144. The van der Waals surface area contributed by atoms with Crippen LogP contribution in [-0.2, 0) is 0 Å². The molecule has 0 aliphatic rings. The molecule has 60 valence electrons. The van der Waals surface area contributed by atoms with Gasteiger partial charge in [-0.25, -0.2) is 4.79 Å². The third kappa shape index (κ3) is 1.99. The van der Waals surface area contributed by atoms with Crippen LogP contribution in [0.5, 0.6) is 5.75 Å². The van der Waals surface area contributed by atoms with Gasteiger partial charge in [0.2, 0.25) is 0 Å². The van der Waals surface area contributed by atoms with Crippen molar-refractivity contribution in [2.24, 2.45) is 0 Å². The zero-order valence-corrected chi connectivity index (χ0v) is 6.02. The van der Waals surface area contributed by atoms with Crippen molar-refractivity contribution in [3.8, 4) is 11.8 Å². The second-order valence-corrected chi connectivity index (χ2v) is 2.01. The summed E-state index contributed by atoms with van der Waals surface area (Å²) in [4.78, 5) is 10.1. The maximum Gasteiger partial charge on any atom is 0.511 e. The monoisotopic (exact) mass is 163 g/mol. The average molecular weight is 163 g/mol. The van der Waals surface area contributed by atoms with Gasteiger partial charge in [0.25, 0.3) is 0 Å². The van der Waals surface area contributed by atoms with Crippen molar-refractivity contribution in [2.75, 3.05) is 0 Å². The molecule has 1 aromatic rings. The molecule has 0 bridgehead atoms. The zero-order chi connectivity index (χ0) is 8.97. The van der Waals surface area contributed by atoms with Gasteiger partial charge in [-0.1, -0.05) is 6.07 Å². The molecule has 0 unspecified atom stereocenters. The smallest absolute Gasteiger partial charge is 0.449 e. The lowest BCUT2D eigenvalue weighted by atomic mass is 10.2. The predicted molar refractivity (Wildman–Crippen MR) is 39.8 cm³/mol. The van der Waals surface area contributed by atoms with Crippen LogP contribution in [0.1, 0.15) is 5.56 Å². The first-order valence-electron chi connectivity index (χ1n) is 3.13. The summed E-state index contributed by atoms with van der Waals surface area (Å²) < 4.78 is 4.32. The highest BCUT2D eigenvalue weighted by atomic mass is 16.7. The van der Waals surface area contributed by atoms with Crippen LogP contribution >= 0.6 is 0 Å². The number of benzene rings is 1. The first-order valence-corrected chi connectivity index (χ1v) is 3.13. The molecule has 1 N–H and O–H groups in total. The first kappa shape index (κ1) is 8.08. The molecule has 12 heavy (non-hydrogen) atoms. The van der Waals surface area contributed by atoms with Crippen molar-refractivity contribution in [1.29, 1.82) is 5.26 Å². The molecule has 1 rings (SSSR count). The SMILES string of the molecule is N#Cc1cccc(OC(=O)O)c1. The van der Waals surface area contributed by atoms with Crippen LogP contribution < -0.4 is 4.74 Å². The number of rotatable bonds is 1. The van der Waals surface area contributed by atoms with Crippen LogP contribution in [0.2, 0.25) is 0 Å². The van der Waals surface area contributed by atoms with Crippen LogP contribution in [0, 0.1) is 11.3 Å². The number of nitrogens with zero attached hydrogens (tertiary/aromatic N) is 1. The van der Waals surface area contributed by atoms with Crippen LogP contribution in [-0.4, -0.2) is 11.3 Å². The Kier molecular flexibility index (Phi) is 2.29. The third-order valence-electron chi connectivity index (χ3n) is 1.17. The van der Waals surface area contributed by atoms with Crippen molar-refractivity contribution in [3.05, 3.63) is 29.8 Å². The molecule has 0 aliphatic carbocycles. The van der Waals surface area contributed by atoms with Gasteiger partial charge in [0.15, 0.2) is 0 Å². The fourth-order valence-electron chi connectivity index (χ4n) is 0.730. The van der Waals surface area contributed by atoms with Gasteiger partial charge >= 0.3 is 6.16 Å². The Morgan fingerprint density at radius 1 is 1.58 bits per heavy atom. The van der Waals surface area contributed by atoms with Gasteiger partial charge < -0.3 is 9.84 Å². The molecule has 0 fully saturated rings. The van der Waals surface area contributed by atoms with Crippen molar-refractivity contribution >= 4 is 6.16 Å². The number of carbonyl (C=O) groups is 1. The minimum Gasteiger partial charge on any atom is -0.449 e. The van der Waals surface area contributed by atoms with Crippen molar-refractivity contribution in [1.82, 2.24) is 0 Å². The van der Waals surface area contributed by atoms with E-state index in [1.807, 2.05) is 6.07 Å². The predicted octanol–water partition coefficient (Wildman–Crippen LogP) is 1.62. The topological polar surface area (TPSA) is 70.3 Å². The quantitative estimate of drug-likeness (QED) is 0.504. The second kappa shape index (κ2) is 3.39. The second-order valence-electron chi connectivity index (χ2n) is 2.01. The van der Waals surface area contributed by atoms with Crippen LogP contribution in [0.15, 0.2) is 24.3 Å². The third-order valence-corrected chi connectivity index (χ3v) is 1.17. The van der Waals surface area contributed by atoms with E-state index >= 15 is 0 Å². The first-order chi connectivity index (χ1) is 5.72. The summed E-state index contributed by atoms with van der Waals surface area (Å²) in [5, 5.41) is 16.7. The summed E-state index contributed by atoms with van der Waals surface area (Å²) in [6.07, 6.45) is -1.38. The van der Waals surface area contributed by atoms with Crippen LogP contribution in [0.25, 0.3) is 0 Å². The largest absolute Gasteiger partial charge is 0.511 e. The molecule has 0 aliphatic heterocycles. The summed E-state index contributed by atoms with van der Waals surface area (Å²) in [5.74, 6) is 0.154. The molecule has 0 saturated carbocycles. The summed E-state index contributed by atoms with van der Waals surface area (Å²) >= 11 is 0. The Morgan fingerprint density at radius 3 is 2.92 bits per heavy atom. The van der Waals surface area contributed by atoms with Gasteiger partial charge in [-0.3, -0.25) is 0 Å². The summed E-state index contributed by atoms with van der Waals surface area (Å²) in [5.41, 5.74) is 0.369. The lowest BCUT2D eigenvalue weighted by Gasteiger charge is -1.97. The molecule has 0 spiro atoms. The number of nitriles is 1. The Hall–Kier alpha value is -2.02. The lowest BCUT2D eigenvalue weighted by Crippen LogP contribution is -2.02. The van der Waals surface area contributed by atoms with Gasteiger partial charge in [-0.05, 0) is 18.2 Å². The molecule has 1 aromatic carbocycles. The van der Waals surface area contributed by atoms with E-state index in [1.54, 1.807) is 12.1 Å². The molecule has 0 atom stereocenters. The Labute approximate surface area is 68.6 Å². The highest BCUT2D eigenvalue weighted by molar-refractivity contribution is 5.61. The minimum atomic E-state index is -1.38. The average Bonchev–Trinajstić information content (AvgIpc) is 2.03. The molecule has 0 amide bonds. The highest BCUT2D eigenvalue weighted by Gasteiger charge is 2.00. The van der Waals surface area contributed by atoms with Crippen LogP contribution in [0.4, 0.5) is 4.79 Å². The number of hydrogen-bond donors (Lipinski definition) is 1. The molecule has 0 heterocycles. The molecule has 0 radical (unpaired) electrons. The Balaban J connectivity index is 2.88. The molecular weight excluding hydrogens is 158 g/mol. The number of hydrogen-bond acceptors (Lipinski definition) is 3. The van der Waals surface area contributed by atoms with E-state index in [2.05, 4.69) is 4.74 Å². The van der Waals surface area contributed by atoms with E-state index in [-0.39, 0.29) is 5.75 Å². The molecule has 0 aromatic heterocycles. The zero-order valence-electron chi connectivity index (χ0n) is 6.02. The summed E-state index contributed by atoms with van der Waals surface area (Å²) in [6, 6.07) is 7.81. The van der Waals surface area contributed by atoms with Gasteiger partial charge in [-0.2, -0.15) is 5.26 Å². The molecule has 0 saturated heterocycles. The van der Waals surface area contributed by atoms with Gasteiger partial charge in [0.05, 0.1) is 11.6 Å². The number of carboxylic acid groups (broad SMARTS) is 1. The van der Waals surface area contributed by atoms with Crippen molar-refractivity contribution in [3.63, 3.8) is 0 Å². The summed E-state index contributed by atoms with van der Waals surface area (Å²) in [6.45, 7) is 0. The Morgan fingerprint density at radius 2 is 2.33 bits per heavy atom. The maximum atomic E-state index is 10.1. The minimum absolute atomic E-state index is 0.154.